The van der Waals surface area contributed by atoms with Crippen molar-refractivity contribution in [3.05, 3.63) is 70.0 Å². The molecule has 0 fully saturated rings. The average molecular weight is 442 g/mol. The van der Waals surface area contributed by atoms with Crippen molar-refractivity contribution >= 4 is 28.2 Å². The maximum atomic E-state index is 12.8. The first-order valence-electron chi connectivity index (χ1n) is 9.89. The molecule has 1 aromatic heterocycles. The zero-order valence-corrected chi connectivity index (χ0v) is 18.8. The topological polar surface area (TPSA) is 75.8 Å². The molecule has 3 aromatic rings. The summed E-state index contributed by atoms with van der Waals surface area (Å²) in [6.07, 6.45) is 0. The maximum absolute atomic E-state index is 12.8. The van der Waals surface area contributed by atoms with Gasteiger partial charge >= 0.3 is 0 Å². The Balaban J connectivity index is 1.90. The molecule has 0 aliphatic carbocycles. The highest BCUT2D eigenvalue weighted by Crippen LogP contribution is 2.22. The van der Waals surface area contributed by atoms with Crippen molar-refractivity contribution in [1.29, 1.82) is 0 Å². The van der Waals surface area contributed by atoms with Crippen molar-refractivity contribution in [1.82, 2.24) is 15.2 Å². The Morgan fingerprint density at radius 3 is 2.55 bits per heavy atom. The summed E-state index contributed by atoms with van der Waals surface area (Å²) in [6, 6.07) is 15.3. The van der Waals surface area contributed by atoms with Crippen LogP contribution in [0.5, 0.6) is 11.5 Å². The molecule has 0 atom stereocenters. The van der Waals surface area contributed by atoms with Gasteiger partial charge in [-0.15, -0.1) is 0 Å². The number of aromatic amines is 1. The Kier molecular flexibility index (Phi) is 7.86. The van der Waals surface area contributed by atoms with Crippen LogP contribution in [0.4, 0.5) is 0 Å². The standard InChI is InChI=1S/C23H27N3O4S/c1-28-11-10-24-23(31)26(14-17-6-4-5-7-21(17)30-3)15-18-12-16-8-9-19(29-2)13-20(16)25-22(18)27/h4-9,12-13H,10-11,14-15H2,1-3H3,(H,24,31)(H,25,27). The van der Waals surface area contributed by atoms with Gasteiger partial charge in [0.2, 0.25) is 0 Å². The normalized spacial score (nSPS) is 10.7. The highest BCUT2D eigenvalue weighted by Gasteiger charge is 2.16. The zero-order chi connectivity index (χ0) is 22.2. The fraction of sp³-hybridized carbons (Fsp3) is 0.304. The molecule has 0 spiro atoms. The summed E-state index contributed by atoms with van der Waals surface area (Å²) in [4.78, 5) is 17.7. The molecule has 0 saturated heterocycles. The third kappa shape index (κ3) is 5.74. The van der Waals surface area contributed by atoms with E-state index in [1.165, 1.54) is 0 Å². The Morgan fingerprint density at radius 2 is 1.81 bits per heavy atom. The van der Waals surface area contributed by atoms with Crippen LogP contribution < -0.4 is 20.3 Å². The van der Waals surface area contributed by atoms with Gasteiger partial charge in [-0.3, -0.25) is 4.79 Å². The first-order valence-corrected chi connectivity index (χ1v) is 10.3. The number of H-pyrrole nitrogens is 1. The summed E-state index contributed by atoms with van der Waals surface area (Å²) in [5.74, 6) is 1.46. The molecule has 7 nitrogen and oxygen atoms in total. The molecular weight excluding hydrogens is 414 g/mol. The van der Waals surface area contributed by atoms with Crippen LogP contribution in [0.25, 0.3) is 10.9 Å². The van der Waals surface area contributed by atoms with Gasteiger partial charge in [0.25, 0.3) is 5.56 Å². The Hall–Kier alpha value is -3.10. The van der Waals surface area contributed by atoms with E-state index in [0.717, 1.165) is 22.2 Å². The van der Waals surface area contributed by atoms with Crippen LogP contribution >= 0.6 is 12.2 Å². The number of fused-ring (bicyclic) bond motifs is 1. The number of hydrogen-bond acceptors (Lipinski definition) is 5. The lowest BCUT2D eigenvalue weighted by molar-refractivity contribution is 0.202. The Morgan fingerprint density at radius 1 is 1.03 bits per heavy atom. The summed E-state index contributed by atoms with van der Waals surface area (Å²) < 4.78 is 15.8. The number of nitrogens with zero attached hydrogens (tertiary/aromatic N) is 1. The first kappa shape index (κ1) is 22.6. The number of ether oxygens (including phenoxy) is 3. The number of rotatable bonds is 9. The molecule has 0 amide bonds. The van der Waals surface area contributed by atoms with Gasteiger partial charge in [0, 0.05) is 37.4 Å². The van der Waals surface area contributed by atoms with E-state index in [1.54, 1.807) is 21.3 Å². The molecule has 0 unspecified atom stereocenters. The second-order valence-electron chi connectivity index (χ2n) is 6.97. The van der Waals surface area contributed by atoms with E-state index in [4.69, 9.17) is 26.4 Å². The van der Waals surface area contributed by atoms with Crippen LogP contribution in [-0.4, -0.2) is 49.5 Å². The van der Waals surface area contributed by atoms with E-state index in [9.17, 15) is 4.79 Å². The van der Waals surface area contributed by atoms with Gasteiger partial charge in [0.1, 0.15) is 11.5 Å². The van der Waals surface area contributed by atoms with E-state index in [0.29, 0.717) is 42.7 Å². The number of thiocarbonyl (C=S) groups is 1. The second kappa shape index (κ2) is 10.8. The van der Waals surface area contributed by atoms with E-state index < -0.39 is 0 Å². The maximum Gasteiger partial charge on any atom is 0.253 e. The molecular formula is C23H27N3O4S. The van der Waals surface area contributed by atoms with E-state index in [1.807, 2.05) is 53.4 Å². The SMILES string of the molecule is COCCNC(=S)N(Cc1ccccc1OC)Cc1cc2ccc(OC)cc2[nH]c1=O. The van der Waals surface area contributed by atoms with Gasteiger partial charge in [-0.1, -0.05) is 18.2 Å². The second-order valence-corrected chi connectivity index (χ2v) is 7.36. The minimum atomic E-state index is -0.162. The third-order valence-corrected chi connectivity index (χ3v) is 5.32. The van der Waals surface area contributed by atoms with Crippen LogP contribution in [-0.2, 0) is 17.8 Å². The highest BCUT2D eigenvalue weighted by molar-refractivity contribution is 7.80. The lowest BCUT2D eigenvalue weighted by Crippen LogP contribution is -2.41. The molecule has 3 rings (SSSR count). The highest BCUT2D eigenvalue weighted by atomic mass is 32.1. The average Bonchev–Trinajstić information content (AvgIpc) is 2.79. The Labute approximate surface area is 186 Å². The lowest BCUT2D eigenvalue weighted by Gasteiger charge is -2.26. The van der Waals surface area contributed by atoms with E-state index in [2.05, 4.69) is 10.3 Å². The van der Waals surface area contributed by atoms with E-state index in [-0.39, 0.29) is 5.56 Å². The number of para-hydroxylation sites is 1. The molecule has 8 heteroatoms. The fourth-order valence-corrected chi connectivity index (χ4v) is 3.52. The number of hydrogen-bond donors (Lipinski definition) is 2. The monoisotopic (exact) mass is 441 g/mol. The van der Waals surface area contributed by atoms with Crippen LogP contribution in [0.3, 0.4) is 0 Å². The van der Waals surface area contributed by atoms with Crippen LogP contribution in [0, 0.1) is 0 Å². The zero-order valence-electron chi connectivity index (χ0n) is 17.9. The van der Waals surface area contributed by atoms with Gasteiger partial charge < -0.3 is 29.4 Å². The molecule has 0 radical (unpaired) electrons. The van der Waals surface area contributed by atoms with Crippen LogP contribution in [0.1, 0.15) is 11.1 Å². The molecule has 2 aromatic carbocycles. The van der Waals surface area contributed by atoms with Crippen molar-refractivity contribution < 1.29 is 14.2 Å². The van der Waals surface area contributed by atoms with Gasteiger partial charge in [-0.05, 0) is 41.9 Å². The minimum Gasteiger partial charge on any atom is -0.497 e. The van der Waals surface area contributed by atoms with Crippen molar-refractivity contribution in [2.45, 2.75) is 13.1 Å². The molecule has 0 aliphatic heterocycles. The smallest absolute Gasteiger partial charge is 0.253 e. The molecule has 0 saturated carbocycles. The molecule has 31 heavy (non-hydrogen) atoms. The first-order chi connectivity index (χ1) is 15.0. The number of benzene rings is 2. The van der Waals surface area contributed by atoms with Crippen LogP contribution in [0.15, 0.2) is 53.3 Å². The summed E-state index contributed by atoms with van der Waals surface area (Å²) in [6.45, 7) is 1.93. The molecule has 2 N–H and O–H groups in total. The minimum absolute atomic E-state index is 0.162. The third-order valence-electron chi connectivity index (χ3n) is 4.91. The molecule has 0 bridgehead atoms. The Bertz CT molecular complexity index is 1100. The summed E-state index contributed by atoms with van der Waals surface area (Å²) in [5, 5.41) is 4.66. The number of pyridine rings is 1. The van der Waals surface area contributed by atoms with Crippen molar-refractivity contribution in [2.75, 3.05) is 34.5 Å². The largest absolute Gasteiger partial charge is 0.497 e. The van der Waals surface area contributed by atoms with Crippen LogP contribution in [0.2, 0.25) is 0 Å². The van der Waals surface area contributed by atoms with Gasteiger partial charge in [-0.25, -0.2) is 0 Å². The van der Waals surface area contributed by atoms with Gasteiger partial charge in [-0.2, -0.15) is 0 Å². The fourth-order valence-electron chi connectivity index (χ4n) is 3.29. The number of nitrogens with one attached hydrogen (secondary N) is 2. The molecule has 0 aliphatic rings. The van der Waals surface area contributed by atoms with Gasteiger partial charge in [0.05, 0.1) is 32.9 Å². The van der Waals surface area contributed by atoms with E-state index >= 15 is 0 Å². The predicted molar refractivity (Wildman–Crippen MR) is 126 cm³/mol. The molecule has 164 valence electrons. The summed E-state index contributed by atoms with van der Waals surface area (Å²) in [7, 11) is 4.88. The van der Waals surface area contributed by atoms with Gasteiger partial charge in [0.15, 0.2) is 5.11 Å². The number of aromatic nitrogens is 1. The van der Waals surface area contributed by atoms with Crippen molar-refractivity contribution in [3.8, 4) is 11.5 Å². The predicted octanol–water partition coefficient (Wildman–Crippen LogP) is 3.07. The molecule has 1 heterocycles. The van der Waals surface area contributed by atoms with Crippen molar-refractivity contribution in [3.63, 3.8) is 0 Å². The lowest BCUT2D eigenvalue weighted by atomic mass is 10.1. The number of methoxy groups -OCH3 is 3. The summed E-state index contributed by atoms with van der Waals surface area (Å²) >= 11 is 5.63. The summed E-state index contributed by atoms with van der Waals surface area (Å²) in [5.41, 5.74) is 2.15. The van der Waals surface area contributed by atoms with Crippen molar-refractivity contribution in [2.24, 2.45) is 0 Å². The quantitative estimate of drug-likeness (QED) is 0.390.